The monoisotopic (exact) mass is 255 g/mol. The summed E-state index contributed by atoms with van der Waals surface area (Å²) in [5.41, 5.74) is 0. The Morgan fingerprint density at radius 1 is 1.44 bits per heavy atom. The molecular formula is C13H18ClNS. The van der Waals surface area contributed by atoms with E-state index >= 15 is 0 Å². The van der Waals surface area contributed by atoms with Crippen molar-refractivity contribution in [3.63, 3.8) is 0 Å². The lowest BCUT2D eigenvalue weighted by atomic mass is 10.2. The van der Waals surface area contributed by atoms with Crippen molar-refractivity contribution in [2.24, 2.45) is 0 Å². The topological polar surface area (TPSA) is 12.0 Å². The molecule has 1 rings (SSSR count). The SMILES string of the molecule is C=CCC(CSc1ccc(Cl)cc1)NCC. The third-order valence-corrected chi connectivity index (χ3v) is 3.64. The molecule has 0 aromatic heterocycles. The van der Waals surface area contributed by atoms with Crippen LogP contribution in [0, 0.1) is 0 Å². The molecule has 0 saturated carbocycles. The van der Waals surface area contributed by atoms with E-state index in [0.29, 0.717) is 6.04 Å². The Balaban J connectivity index is 2.41. The summed E-state index contributed by atoms with van der Waals surface area (Å²) in [7, 11) is 0. The van der Waals surface area contributed by atoms with E-state index in [0.717, 1.165) is 23.7 Å². The van der Waals surface area contributed by atoms with E-state index in [1.54, 1.807) is 0 Å². The number of hydrogen-bond acceptors (Lipinski definition) is 2. The van der Waals surface area contributed by atoms with Gasteiger partial charge in [0, 0.05) is 21.7 Å². The highest BCUT2D eigenvalue weighted by Gasteiger charge is 2.05. The lowest BCUT2D eigenvalue weighted by Gasteiger charge is -2.15. The van der Waals surface area contributed by atoms with Crippen LogP contribution < -0.4 is 5.32 Å². The highest BCUT2D eigenvalue weighted by Crippen LogP contribution is 2.21. The molecule has 3 heteroatoms. The smallest absolute Gasteiger partial charge is 0.0406 e. The summed E-state index contributed by atoms with van der Waals surface area (Å²) in [5.74, 6) is 1.06. The van der Waals surface area contributed by atoms with Crippen LogP contribution in [0.3, 0.4) is 0 Å². The van der Waals surface area contributed by atoms with Gasteiger partial charge in [0.05, 0.1) is 0 Å². The van der Waals surface area contributed by atoms with Gasteiger partial charge in [0.2, 0.25) is 0 Å². The molecule has 1 N–H and O–H groups in total. The van der Waals surface area contributed by atoms with Crippen molar-refractivity contribution >= 4 is 23.4 Å². The molecule has 0 aliphatic rings. The zero-order valence-corrected chi connectivity index (χ0v) is 11.2. The maximum Gasteiger partial charge on any atom is 0.0406 e. The Kier molecular flexibility index (Phi) is 6.62. The van der Waals surface area contributed by atoms with Crippen LogP contribution in [0.2, 0.25) is 5.02 Å². The second-order valence-corrected chi connectivity index (χ2v) is 5.07. The maximum atomic E-state index is 5.84. The second kappa shape index (κ2) is 7.77. The van der Waals surface area contributed by atoms with Crippen molar-refractivity contribution in [3.8, 4) is 0 Å². The van der Waals surface area contributed by atoms with Crippen LogP contribution in [0.15, 0.2) is 41.8 Å². The number of nitrogens with one attached hydrogen (secondary N) is 1. The summed E-state index contributed by atoms with van der Waals surface area (Å²) in [5, 5.41) is 4.24. The van der Waals surface area contributed by atoms with Crippen molar-refractivity contribution < 1.29 is 0 Å². The van der Waals surface area contributed by atoms with Crippen molar-refractivity contribution in [3.05, 3.63) is 41.9 Å². The number of halogens is 1. The fourth-order valence-corrected chi connectivity index (χ4v) is 2.53. The predicted molar refractivity (Wildman–Crippen MR) is 74.5 cm³/mol. The molecule has 1 aromatic rings. The predicted octanol–water partition coefficient (Wildman–Crippen LogP) is 3.99. The molecule has 0 aliphatic carbocycles. The average Bonchev–Trinajstić information content (AvgIpc) is 2.29. The summed E-state index contributed by atoms with van der Waals surface area (Å²) < 4.78 is 0. The van der Waals surface area contributed by atoms with Gasteiger partial charge in [-0.15, -0.1) is 18.3 Å². The van der Waals surface area contributed by atoms with Gasteiger partial charge in [0.1, 0.15) is 0 Å². The van der Waals surface area contributed by atoms with Gasteiger partial charge in [-0.1, -0.05) is 24.6 Å². The van der Waals surface area contributed by atoms with E-state index in [9.17, 15) is 0 Å². The summed E-state index contributed by atoms with van der Waals surface area (Å²) in [4.78, 5) is 1.26. The van der Waals surface area contributed by atoms with E-state index in [2.05, 4.69) is 31.0 Å². The van der Waals surface area contributed by atoms with Crippen LogP contribution >= 0.6 is 23.4 Å². The minimum absolute atomic E-state index is 0.503. The maximum absolute atomic E-state index is 5.84. The van der Waals surface area contributed by atoms with Crippen LogP contribution in [0.25, 0.3) is 0 Å². The van der Waals surface area contributed by atoms with Crippen molar-refractivity contribution in [1.29, 1.82) is 0 Å². The largest absolute Gasteiger partial charge is 0.313 e. The molecule has 0 amide bonds. The van der Waals surface area contributed by atoms with E-state index in [1.807, 2.05) is 30.0 Å². The highest BCUT2D eigenvalue weighted by molar-refractivity contribution is 7.99. The Bertz CT molecular complexity index is 310. The van der Waals surface area contributed by atoms with Gasteiger partial charge >= 0.3 is 0 Å². The number of thioether (sulfide) groups is 1. The summed E-state index contributed by atoms with van der Waals surface area (Å²) in [6, 6.07) is 8.48. The van der Waals surface area contributed by atoms with Crippen LogP contribution in [0.1, 0.15) is 13.3 Å². The Labute approximate surface area is 107 Å². The number of benzene rings is 1. The van der Waals surface area contributed by atoms with Crippen LogP contribution in [0.4, 0.5) is 0 Å². The molecule has 1 nitrogen and oxygen atoms in total. The van der Waals surface area contributed by atoms with Crippen LogP contribution in [-0.4, -0.2) is 18.3 Å². The van der Waals surface area contributed by atoms with E-state index in [4.69, 9.17) is 11.6 Å². The molecule has 1 atom stereocenters. The Morgan fingerprint density at radius 3 is 2.69 bits per heavy atom. The van der Waals surface area contributed by atoms with E-state index in [-0.39, 0.29) is 0 Å². The Hall–Kier alpha value is -0.440. The fraction of sp³-hybridized carbons (Fsp3) is 0.385. The third-order valence-electron chi connectivity index (χ3n) is 2.21. The zero-order valence-electron chi connectivity index (χ0n) is 9.58. The molecule has 0 radical (unpaired) electrons. The lowest BCUT2D eigenvalue weighted by Crippen LogP contribution is -2.30. The molecule has 1 unspecified atom stereocenters. The van der Waals surface area contributed by atoms with Gasteiger partial charge in [-0.05, 0) is 37.2 Å². The van der Waals surface area contributed by atoms with Gasteiger partial charge in [-0.2, -0.15) is 0 Å². The fourth-order valence-electron chi connectivity index (χ4n) is 1.43. The standard InChI is InChI=1S/C13H18ClNS/c1-3-5-12(15-4-2)10-16-13-8-6-11(14)7-9-13/h3,6-9,12,15H,1,4-5,10H2,2H3. The van der Waals surface area contributed by atoms with Crippen molar-refractivity contribution in [2.75, 3.05) is 12.3 Å². The molecular weight excluding hydrogens is 238 g/mol. The summed E-state index contributed by atoms with van der Waals surface area (Å²) in [6.07, 6.45) is 2.98. The first kappa shape index (κ1) is 13.6. The Morgan fingerprint density at radius 2 is 2.12 bits per heavy atom. The lowest BCUT2D eigenvalue weighted by molar-refractivity contribution is 0.582. The third kappa shape index (κ3) is 5.06. The minimum atomic E-state index is 0.503. The van der Waals surface area contributed by atoms with Crippen LogP contribution in [0.5, 0.6) is 0 Å². The normalized spacial score (nSPS) is 12.4. The van der Waals surface area contributed by atoms with Crippen molar-refractivity contribution in [1.82, 2.24) is 5.32 Å². The summed E-state index contributed by atoms with van der Waals surface area (Å²) >= 11 is 7.69. The van der Waals surface area contributed by atoms with Gasteiger partial charge < -0.3 is 5.32 Å². The second-order valence-electron chi connectivity index (χ2n) is 3.54. The minimum Gasteiger partial charge on any atom is -0.313 e. The van der Waals surface area contributed by atoms with Crippen LogP contribution in [-0.2, 0) is 0 Å². The number of rotatable bonds is 7. The molecule has 0 fully saturated rings. The average molecular weight is 256 g/mol. The number of hydrogen-bond donors (Lipinski definition) is 1. The van der Waals surface area contributed by atoms with Gasteiger partial charge in [-0.25, -0.2) is 0 Å². The molecule has 0 aliphatic heterocycles. The van der Waals surface area contributed by atoms with E-state index in [1.165, 1.54) is 4.90 Å². The van der Waals surface area contributed by atoms with Gasteiger partial charge in [0.15, 0.2) is 0 Å². The summed E-state index contributed by atoms with van der Waals surface area (Å²) in [6.45, 7) is 6.91. The van der Waals surface area contributed by atoms with Crippen molar-refractivity contribution in [2.45, 2.75) is 24.3 Å². The molecule has 0 heterocycles. The molecule has 16 heavy (non-hydrogen) atoms. The molecule has 0 bridgehead atoms. The van der Waals surface area contributed by atoms with E-state index < -0.39 is 0 Å². The quantitative estimate of drug-likeness (QED) is 0.584. The first-order chi connectivity index (χ1) is 7.76. The first-order valence-electron chi connectivity index (χ1n) is 5.49. The molecule has 0 saturated heterocycles. The highest BCUT2D eigenvalue weighted by atomic mass is 35.5. The first-order valence-corrected chi connectivity index (χ1v) is 6.85. The molecule has 0 spiro atoms. The van der Waals surface area contributed by atoms with Gasteiger partial charge in [-0.3, -0.25) is 0 Å². The molecule has 1 aromatic carbocycles. The van der Waals surface area contributed by atoms with Gasteiger partial charge in [0.25, 0.3) is 0 Å². The zero-order chi connectivity index (χ0) is 11.8. The molecule has 88 valence electrons.